The van der Waals surface area contributed by atoms with Gasteiger partial charge in [0.2, 0.25) is 0 Å². The Hall–Kier alpha value is -0.960. The van der Waals surface area contributed by atoms with Crippen molar-refractivity contribution in [3.63, 3.8) is 0 Å². The number of nitrogens with zero attached hydrogens (tertiary/aromatic N) is 2. The van der Waals surface area contributed by atoms with Crippen molar-refractivity contribution in [2.45, 2.75) is 52.1 Å². The Labute approximate surface area is 91.3 Å². The van der Waals surface area contributed by atoms with Crippen LogP contribution in [0.5, 0.6) is 0 Å². The van der Waals surface area contributed by atoms with Gasteiger partial charge in [0, 0.05) is 12.6 Å². The van der Waals surface area contributed by atoms with Crippen LogP contribution in [-0.2, 0) is 6.54 Å². The van der Waals surface area contributed by atoms with Crippen molar-refractivity contribution in [1.29, 1.82) is 0 Å². The molecular formula is C12H19N3. The van der Waals surface area contributed by atoms with Gasteiger partial charge in [-0.2, -0.15) is 10.2 Å². The second-order valence-electron chi connectivity index (χ2n) is 4.46. The fraction of sp³-hybridized carbons (Fsp3) is 0.667. The predicted molar refractivity (Wildman–Crippen MR) is 60.6 cm³/mol. The summed E-state index contributed by atoms with van der Waals surface area (Å²) in [5, 5.41) is 11.8. The van der Waals surface area contributed by atoms with Crippen LogP contribution < -0.4 is 5.32 Å². The summed E-state index contributed by atoms with van der Waals surface area (Å²) in [6, 6.07) is 2.85. The monoisotopic (exact) mass is 205 g/mol. The molecule has 1 N–H and O–H groups in total. The number of hydrogen-bond acceptors (Lipinski definition) is 3. The molecule has 1 fully saturated rings. The lowest BCUT2D eigenvalue weighted by atomic mass is 10.1. The molecule has 1 aromatic heterocycles. The van der Waals surface area contributed by atoms with E-state index in [0.717, 1.165) is 24.0 Å². The van der Waals surface area contributed by atoms with Crippen LogP contribution in [0.3, 0.4) is 0 Å². The molecule has 2 rings (SSSR count). The summed E-state index contributed by atoms with van der Waals surface area (Å²) in [4.78, 5) is 0. The van der Waals surface area contributed by atoms with Gasteiger partial charge in [0.25, 0.3) is 0 Å². The van der Waals surface area contributed by atoms with E-state index < -0.39 is 0 Å². The Balaban J connectivity index is 1.94. The molecule has 0 atom stereocenters. The number of nitrogens with one attached hydrogen (secondary N) is 1. The summed E-state index contributed by atoms with van der Waals surface area (Å²) < 4.78 is 0. The summed E-state index contributed by atoms with van der Waals surface area (Å²) in [5.74, 6) is 0. The number of hydrogen-bond donors (Lipinski definition) is 1. The van der Waals surface area contributed by atoms with Gasteiger partial charge in [0.1, 0.15) is 0 Å². The maximum atomic E-state index is 4.13. The van der Waals surface area contributed by atoms with E-state index >= 15 is 0 Å². The molecule has 0 radical (unpaired) electrons. The summed E-state index contributed by atoms with van der Waals surface area (Å²) >= 11 is 0. The SMILES string of the molecule is Cc1cc(CNC2CCCC2)c(C)nn1. The van der Waals surface area contributed by atoms with Crippen LogP contribution in [0.15, 0.2) is 6.07 Å². The first-order valence-electron chi connectivity index (χ1n) is 5.79. The van der Waals surface area contributed by atoms with E-state index in [0.29, 0.717) is 0 Å². The van der Waals surface area contributed by atoms with Crippen molar-refractivity contribution in [2.24, 2.45) is 0 Å². The highest BCUT2D eigenvalue weighted by Crippen LogP contribution is 2.18. The van der Waals surface area contributed by atoms with Crippen LogP contribution >= 0.6 is 0 Å². The van der Waals surface area contributed by atoms with Gasteiger partial charge < -0.3 is 5.32 Å². The average molecular weight is 205 g/mol. The van der Waals surface area contributed by atoms with Crippen LogP contribution in [0.4, 0.5) is 0 Å². The molecule has 3 nitrogen and oxygen atoms in total. The zero-order valence-corrected chi connectivity index (χ0v) is 9.58. The molecule has 1 aliphatic carbocycles. The Morgan fingerprint density at radius 3 is 2.73 bits per heavy atom. The van der Waals surface area contributed by atoms with E-state index in [1.165, 1.54) is 31.2 Å². The van der Waals surface area contributed by atoms with E-state index in [1.807, 2.05) is 13.8 Å². The molecule has 15 heavy (non-hydrogen) atoms. The van der Waals surface area contributed by atoms with Crippen molar-refractivity contribution >= 4 is 0 Å². The van der Waals surface area contributed by atoms with E-state index in [4.69, 9.17) is 0 Å². The third kappa shape index (κ3) is 2.75. The quantitative estimate of drug-likeness (QED) is 0.821. The first-order chi connectivity index (χ1) is 7.25. The minimum atomic E-state index is 0.720. The molecule has 0 spiro atoms. The molecule has 3 heteroatoms. The Morgan fingerprint density at radius 1 is 1.27 bits per heavy atom. The third-order valence-corrected chi connectivity index (χ3v) is 3.14. The van der Waals surface area contributed by atoms with Gasteiger partial charge in [0.05, 0.1) is 11.4 Å². The van der Waals surface area contributed by atoms with Gasteiger partial charge in [-0.1, -0.05) is 12.8 Å². The largest absolute Gasteiger partial charge is 0.310 e. The van der Waals surface area contributed by atoms with E-state index in [9.17, 15) is 0 Å². The predicted octanol–water partition coefficient (Wildman–Crippen LogP) is 2.13. The first kappa shape index (κ1) is 10.6. The second kappa shape index (κ2) is 4.71. The molecule has 0 saturated heterocycles. The molecule has 0 aliphatic heterocycles. The van der Waals surface area contributed by atoms with E-state index in [-0.39, 0.29) is 0 Å². The van der Waals surface area contributed by atoms with Crippen molar-refractivity contribution < 1.29 is 0 Å². The molecule has 1 aromatic rings. The standard InChI is InChI=1S/C12H19N3/c1-9-7-11(10(2)15-14-9)8-13-12-5-3-4-6-12/h7,12-13H,3-6,8H2,1-2H3. The summed E-state index contributed by atoms with van der Waals surface area (Å²) in [7, 11) is 0. The molecule has 1 saturated carbocycles. The minimum absolute atomic E-state index is 0.720. The normalized spacial score (nSPS) is 17.2. The number of aromatic nitrogens is 2. The topological polar surface area (TPSA) is 37.8 Å². The molecule has 82 valence electrons. The van der Waals surface area contributed by atoms with Gasteiger partial charge >= 0.3 is 0 Å². The van der Waals surface area contributed by atoms with Crippen LogP contribution in [0.25, 0.3) is 0 Å². The maximum Gasteiger partial charge on any atom is 0.0645 e. The van der Waals surface area contributed by atoms with E-state index in [1.54, 1.807) is 0 Å². The third-order valence-electron chi connectivity index (χ3n) is 3.14. The lowest BCUT2D eigenvalue weighted by molar-refractivity contribution is 0.521. The van der Waals surface area contributed by atoms with Crippen molar-refractivity contribution in [1.82, 2.24) is 15.5 Å². The lowest BCUT2D eigenvalue weighted by Crippen LogP contribution is -2.25. The van der Waals surface area contributed by atoms with Crippen LogP contribution in [0, 0.1) is 13.8 Å². The molecule has 0 unspecified atom stereocenters. The smallest absolute Gasteiger partial charge is 0.0645 e. The lowest BCUT2D eigenvalue weighted by Gasteiger charge is -2.12. The molecule has 0 aromatic carbocycles. The first-order valence-corrected chi connectivity index (χ1v) is 5.79. The Morgan fingerprint density at radius 2 is 2.00 bits per heavy atom. The van der Waals surface area contributed by atoms with Gasteiger partial charge in [-0.25, -0.2) is 0 Å². The van der Waals surface area contributed by atoms with Crippen molar-refractivity contribution in [2.75, 3.05) is 0 Å². The highest BCUT2D eigenvalue weighted by molar-refractivity contribution is 5.19. The van der Waals surface area contributed by atoms with E-state index in [2.05, 4.69) is 21.6 Å². The summed E-state index contributed by atoms with van der Waals surface area (Å²) in [5.41, 5.74) is 3.34. The zero-order chi connectivity index (χ0) is 10.7. The van der Waals surface area contributed by atoms with Crippen LogP contribution in [0.2, 0.25) is 0 Å². The molecular weight excluding hydrogens is 186 g/mol. The molecule has 1 heterocycles. The highest BCUT2D eigenvalue weighted by atomic mass is 15.1. The highest BCUT2D eigenvalue weighted by Gasteiger charge is 2.14. The van der Waals surface area contributed by atoms with Crippen LogP contribution in [0.1, 0.15) is 42.6 Å². The fourth-order valence-electron chi connectivity index (χ4n) is 2.17. The van der Waals surface area contributed by atoms with Gasteiger partial charge in [0.15, 0.2) is 0 Å². The van der Waals surface area contributed by atoms with Gasteiger partial charge in [-0.15, -0.1) is 0 Å². The number of aryl methyl sites for hydroxylation is 2. The van der Waals surface area contributed by atoms with Crippen molar-refractivity contribution in [3.8, 4) is 0 Å². The Bertz CT molecular complexity index is 330. The van der Waals surface area contributed by atoms with Crippen molar-refractivity contribution in [3.05, 3.63) is 23.0 Å². The second-order valence-corrected chi connectivity index (χ2v) is 4.46. The molecule has 0 amide bonds. The molecule has 1 aliphatic rings. The van der Waals surface area contributed by atoms with Crippen LogP contribution in [-0.4, -0.2) is 16.2 Å². The summed E-state index contributed by atoms with van der Waals surface area (Å²) in [6.45, 7) is 4.95. The zero-order valence-electron chi connectivity index (χ0n) is 9.58. The fourth-order valence-corrected chi connectivity index (χ4v) is 2.17. The van der Waals surface area contributed by atoms with Gasteiger partial charge in [-0.3, -0.25) is 0 Å². The number of rotatable bonds is 3. The van der Waals surface area contributed by atoms with Gasteiger partial charge in [-0.05, 0) is 38.3 Å². The maximum absolute atomic E-state index is 4.13. The summed E-state index contributed by atoms with van der Waals surface area (Å²) in [6.07, 6.45) is 5.42. The average Bonchev–Trinajstić information content (AvgIpc) is 2.72. The minimum Gasteiger partial charge on any atom is -0.310 e. The molecule has 0 bridgehead atoms. The Kier molecular flexibility index (Phi) is 3.31.